The van der Waals surface area contributed by atoms with Gasteiger partial charge in [-0.1, -0.05) is 6.07 Å². The molecule has 3 nitrogen and oxygen atoms in total. The standard InChI is InChI=1S/C11H12F5NO2/c1-19-8-4-6(11(14,15)16)2-3-7(8)9(17)10(12,13)5-18/h2-4,9,18H,5,17H2,1H3/t9-/m0/s1. The summed E-state index contributed by atoms with van der Waals surface area (Å²) in [7, 11) is 1.04. The number of hydrogen-bond donors (Lipinski definition) is 2. The summed E-state index contributed by atoms with van der Waals surface area (Å²) in [5.41, 5.74) is 3.90. The maximum Gasteiger partial charge on any atom is 0.416 e. The van der Waals surface area contributed by atoms with Gasteiger partial charge in [-0.15, -0.1) is 0 Å². The van der Waals surface area contributed by atoms with Crippen LogP contribution in [0.5, 0.6) is 5.75 Å². The lowest BCUT2D eigenvalue weighted by Gasteiger charge is -2.23. The number of methoxy groups -OCH3 is 1. The molecule has 0 aliphatic rings. The van der Waals surface area contributed by atoms with Crippen LogP contribution in [0.15, 0.2) is 18.2 Å². The van der Waals surface area contributed by atoms with Gasteiger partial charge in [0.1, 0.15) is 18.4 Å². The van der Waals surface area contributed by atoms with Crippen molar-refractivity contribution in [3.63, 3.8) is 0 Å². The molecule has 3 N–H and O–H groups in total. The van der Waals surface area contributed by atoms with E-state index in [9.17, 15) is 22.0 Å². The van der Waals surface area contributed by atoms with Crippen molar-refractivity contribution in [2.75, 3.05) is 13.7 Å². The summed E-state index contributed by atoms with van der Waals surface area (Å²) in [5.74, 6) is -4.07. The Morgan fingerprint density at radius 3 is 2.26 bits per heavy atom. The minimum absolute atomic E-state index is 0.311. The largest absolute Gasteiger partial charge is 0.496 e. The predicted octanol–water partition coefficient (Wildman–Crippen LogP) is 2.34. The zero-order valence-electron chi connectivity index (χ0n) is 9.84. The molecule has 0 radical (unpaired) electrons. The van der Waals surface area contributed by atoms with Gasteiger partial charge in [0.2, 0.25) is 0 Å². The fourth-order valence-corrected chi connectivity index (χ4v) is 1.47. The van der Waals surface area contributed by atoms with E-state index in [0.717, 1.165) is 13.2 Å². The van der Waals surface area contributed by atoms with E-state index in [1.807, 2.05) is 0 Å². The summed E-state index contributed by atoms with van der Waals surface area (Å²) in [6, 6.07) is 0.0682. The minimum Gasteiger partial charge on any atom is -0.496 e. The van der Waals surface area contributed by atoms with Crippen LogP contribution in [-0.2, 0) is 6.18 Å². The molecule has 0 saturated carbocycles. The molecule has 1 aromatic carbocycles. The lowest BCUT2D eigenvalue weighted by atomic mass is 9.99. The molecule has 0 amide bonds. The third kappa shape index (κ3) is 3.32. The normalized spacial score (nSPS) is 14.3. The van der Waals surface area contributed by atoms with Crippen LogP contribution >= 0.6 is 0 Å². The predicted molar refractivity (Wildman–Crippen MR) is 57.0 cm³/mol. The van der Waals surface area contributed by atoms with E-state index in [0.29, 0.717) is 12.1 Å². The van der Waals surface area contributed by atoms with Gasteiger partial charge in [0, 0.05) is 5.56 Å². The Morgan fingerprint density at radius 1 is 1.26 bits per heavy atom. The van der Waals surface area contributed by atoms with Gasteiger partial charge >= 0.3 is 6.18 Å². The molecule has 0 bridgehead atoms. The summed E-state index contributed by atoms with van der Waals surface area (Å²) >= 11 is 0. The molecule has 1 aromatic rings. The van der Waals surface area contributed by atoms with Crippen LogP contribution in [-0.4, -0.2) is 24.7 Å². The smallest absolute Gasteiger partial charge is 0.416 e. The maximum absolute atomic E-state index is 13.2. The number of ether oxygens (including phenoxy) is 1. The van der Waals surface area contributed by atoms with Crippen LogP contribution < -0.4 is 10.5 Å². The van der Waals surface area contributed by atoms with Gasteiger partial charge in [0.25, 0.3) is 5.92 Å². The highest BCUT2D eigenvalue weighted by Crippen LogP contribution is 2.38. The van der Waals surface area contributed by atoms with E-state index < -0.39 is 36.1 Å². The van der Waals surface area contributed by atoms with E-state index in [2.05, 4.69) is 4.74 Å². The summed E-state index contributed by atoms with van der Waals surface area (Å²) in [6.45, 7) is -1.52. The Hall–Kier alpha value is -1.41. The molecular weight excluding hydrogens is 273 g/mol. The van der Waals surface area contributed by atoms with Gasteiger partial charge in [-0.2, -0.15) is 13.2 Å². The monoisotopic (exact) mass is 285 g/mol. The van der Waals surface area contributed by atoms with Gasteiger partial charge in [-0.05, 0) is 12.1 Å². The highest BCUT2D eigenvalue weighted by atomic mass is 19.4. The minimum atomic E-state index is -4.62. The summed E-state index contributed by atoms with van der Waals surface area (Å²) in [5, 5.41) is 8.52. The maximum atomic E-state index is 13.2. The third-order valence-corrected chi connectivity index (χ3v) is 2.56. The van der Waals surface area contributed by atoms with Gasteiger partial charge in [-0.25, -0.2) is 8.78 Å². The highest BCUT2D eigenvalue weighted by Gasteiger charge is 2.40. The highest BCUT2D eigenvalue weighted by molar-refractivity contribution is 5.41. The Kier molecular flexibility index (Phi) is 4.36. The molecule has 8 heteroatoms. The van der Waals surface area contributed by atoms with Gasteiger partial charge < -0.3 is 15.6 Å². The lowest BCUT2D eigenvalue weighted by molar-refractivity contribution is -0.137. The van der Waals surface area contributed by atoms with E-state index >= 15 is 0 Å². The Balaban J connectivity index is 3.24. The SMILES string of the molecule is COc1cc(C(F)(F)F)ccc1[C@H](N)C(F)(F)CO. The third-order valence-electron chi connectivity index (χ3n) is 2.56. The second-order valence-corrected chi connectivity index (χ2v) is 3.85. The number of nitrogens with two attached hydrogens (primary N) is 1. The quantitative estimate of drug-likeness (QED) is 0.835. The van der Waals surface area contributed by atoms with Gasteiger partial charge in [0.15, 0.2) is 0 Å². The average Bonchev–Trinajstić information content (AvgIpc) is 2.35. The molecule has 108 valence electrons. The molecule has 1 atom stereocenters. The molecule has 0 aliphatic carbocycles. The van der Waals surface area contributed by atoms with Crippen molar-refractivity contribution in [3.05, 3.63) is 29.3 Å². The second-order valence-electron chi connectivity index (χ2n) is 3.85. The number of halogens is 5. The summed E-state index contributed by atoms with van der Waals surface area (Å²) < 4.78 is 68.5. The first-order valence-corrected chi connectivity index (χ1v) is 5.13. The van der Waals surface area contributed by atoms with Crippen molar-refractivity contribution in [2.24, 2.45) is 5.73 Å². The fraction of sp³-hybridized carbons (Fsp3) is 0.455. The average molecular weight is 285 g/mol. The van der Waals surface area contributed by atoms with Crippen molar-refractivity contribution in [1.29, 1.82) is 0 Å². The first-order chi connectivity index (χ1) is 8.63. The number of hydrogen-bond acceptors (Lipinski definition) is 3. The summed E-state index contributed by atoms with van der Waals surface area (Å²) in [6.07, 6.45) is -4.62. The molecule has 0 aromatic heterocycles. The molecule has 0 unspecified atom stereocenters. The van der Waals surface area contributed by atoms with Crippen LogP contribution in [0.1, 0.15) is 17.2 Å². The van der Waals surface area contributed by atoms with Crippen LogP contribution in [0.25, 0.3) is 0 Å². The molecule has 1 rings (SSSR count). The number of aliphatic hydroxyl groups is 1. The molecule has 0 spiro atoms. The van der Waals surface area contributed by atoms with Crippen LogP contribution in [0.4, 0.5) is 22.0 Å². The van der Waals surface area contributed by atoms with Crippen molar-refractivity contribution < 1.29 is 31.8 Å². The fourth-order valence-electron chi connectivity index (χ4n) is 1.47. The zero-order valence-corrected chi connectivity index (χ0v) is 9.84. The van der Waals surface area contributed by atoms with Gasteiger partial charge in [0.05, 0.1) is 12.7 Å². The molecule has 0 aliphatic heterocycles. The van der Waals surface area contributed by atoms with Gasteiger partial charge in [-0.3, -0.25) is 0 Å². The number of alkyl halides is 5. The Labute approximate surface area is 105 Å². The van der Waals surface area contributed by atoms with Crippen molar-refractivity contribution >= 4 is 0 Å². The number of benzene rings is 1. The molecule has 19 heavy (non-hydrogen) atoms. The first-order valence-electron chi connectivity index (χ1n) is 5.13. The number of aliphatic hydroxyl groups excluding tert-OH is 1. The van der Waals surface area contributed by atoms with E-state index in [1.54, 1.807) is 0 Å². The Morgan fingerprint density at radius 2 is 1.84 bits per heavy atom. The first kappa shape index (κ1) is 15.6. The van der Waals surface area contributed by atoms with Crippen molar-refractivity contribution in [1.82, 2.24) is 0 Å². The van der Waals surface area contributed by atoms with Crippen LogP contribution in [0.2, 0.25) is 0 Å². The second kappa shape index (κ2) is 5.30. The van der Waals surface area contributed by atoms with Crippen molar-refractivity contribution in [2.45, 2.75) is 18.1 Å². The molecule has 0 heterocycles. The van der Waals surface area contributed by atoms with E-state index in [4.69, 9.17) is 10.8 Å². The zero-order chi connectivity index (χ0) is 14.8. The molecule has 0 fully saturated rings. The van der Waals surface area contributed by atoms with Crippen LogP contribution in [0.3, 0.4) is 0 Å². The molecular formula is C11H12F5NO2. The lowest BCUT2D eigenvalue weighted by Crippen LogP contribution is -2.36. The van der Waals surface area contributed by atoms with Crippen molar-refractivity contribution in [3.8, 4) is 5.75 Å². The molecule has 0 saturated heterocycles. The summed E-state index contributed by atoms with van der Waals surface area (Å²) in [4.78, 5) is 0. The Bertz CT molecular complexity index is 447. The number of rotatable bonds is 4. The topological polar surface area (TPSA) is 55.5 Å². The van der Waals surface area contributed by atoms with E-state index in [-0.39, 0.29) is 5.56 Å². The van der Waals surface area contributed by atoms with E-state index in [1.165, 1.54) is 0 Å². The van der Waals surface area contributed by atoms with Crippen LogP contribution in [0, 0.1) is 0 Å².